The van der Waals surface area contributed by atoms with E-state index in [0.717, 1.165) is 42.1 Å². The maximum atomic E-state index is 12.6. The average Bonchev–Trinajstić information content (AvgIpc) is 3.21. The molecule has 152 valence electrons. The van der Waals surface area contributed by atoms with Crippen LogP contribution in [0, 0.1) is 0 Å². The summed E-state index contributed by atoms with van der Waals surface area (Å²) in [6.07, 6.45) is 3.05. The number of anilines is 2. The minimum atomic E-state index is -0.113. The molecule has 2 amide bonds. The second-order valence-electron chi connectivity index (χ2n) is 7.30. The number of hydrogen-bond acceptors (Lipinski definition) is 5. The van der Waals surface area contributed by atoms with E-state index < -0.39 is 0 Å². The van der Waals surface area contributed by atoms with Gasteiger partial charge in [0.05, 0.1) is 13.2 Å². The standard InChI is InChI=1S/C22H26N4O3/c1-2-21(27)26-8-6-17-14-18(3-4-19(17)26)22(28)24-15-16-5-7-23-20(13-16)25-9-11-29-12-10-25/h3-5,7,13-14H,2,6,8-12,15H2,1H3,(H,24,28). The number of rotatable bonds is 5. The van der Waals surface area contributed by atoms with Gasteiger partial charge in [0.15, 0.2) is 0 Å². The highest BCUT2D eigenvalue weighted by Crippen LogP contribution is 2.29. The summed E-state index contributed by atoms with van der Waals surface area (Å²) in [7, 11) is 0. The maximum Gasteiger partial charge on any atom is 0.251 e. The summed E-state index contributed by atoms with van der Waals surface area (Å²) in [5.41, 5.74) is 3.61. The molecule has 4 rings (SSSR count). The van der Waals surface area contributed by atoms with Crippen molar-refractivity contribution in [2.75, 3.05) is 42.6 Å². The fourth-order valence-corrected chi connectivity index (χ4v) is 3.81. The van der Waals surface area contributed by atoms with Crippen LogP contribution in [0.1, 0.15) is 34.8 Å². The van der Waals surface area contributed by atoms with Crippen molar-refractivity contribution in [2.45, 2.75) is 26.3 Å². The molecule has 7 nitrogen and oxygen atoms in total. The highest BCUT2D eigenvalue weighted by molar-refractivity contribution is 5.98. The first kappa shape index (κ1) is 19.4. The predicted octanol–water partition coefficient (Wildman–Crippen LogP) is 2.15. The molecule has 0 spiro atoms. The van der Waals surface area contributed by atoms with Gasteiger partial charge in [-0.15, -0.1) is 0 Å². The SMILES string of the molecule is CCC(=O)N1CCc2cc(C(=O)NCc3ccnc(N4CCOCC4)c3)ccc21. The van der Waals surface area contributed by atoms with Gasteiger partial charge in [-0.1, -0.05) is 6.92 Å². The second kappa shape index (κ2) is 8.61. The lowest BCUT2D eigenvalue weighted by Crippen LogP contribution is -2.36. The Morgan fingerprint density at radius 2 is 1.97 bits per heavy atom. The maximum absolute atomic E-state index is 12.6. The largest absolute Gasteiger partial charge is 0.378 e. The molecule has 1 aromatic carbocycles. The van der Waals surface area contributed by atoms with Gasteiger partial charge in [-0.3, -0.25) is 9.59 Å². The monoisotopic (exact) mass is 394 g/mol. The van der Waals surface area contributed by atoms with Crippen molar-refractivity contribution in [3.05, 3.63) is 53.2 Å². The first-order valence-electron chi connectivity index (χ1n) is 10.1. The summed E-state index contributed by atoms with van der Waals surface area (Å²) in [5, 5.41) is 2.99. The summed E-state index contributed by atoms with van der Waals surface area (Å²) in [4.78, 5) is 33.1. The number of hydrogen-bond donors (Lipinski definition) is 1. The number of fused-ring (bicyclic) bond motifs is 1. The van der Waals surface area contributed by atoms with Gasteiger partial charge < -0.3 is 19.9 Å². The van der Waals surface area contributed by atoms with Crippen LogP contribution in [-0.2, 0) is 22.5 Å². The Hall–Kier alpha value is -2.93. The predicted molar refractivity (Wildman–Crippen MR) is 111 cm³/mol. The van der Waals surface area contributed by atoms with Gasteiger partial charge in [0.1, 0.15) is 5.82 Å². The zero-order valence-electron chi connectivity index (χ0n) is 16.7. The topological polar surface area (TPSA) is 74.8 Å². The van der Waals surface area contributed by atoms with E-state index in [1.807, 2.05) is 31.2 Å². The third-order valence-electron chi connectivity index (χ3n) is 5.44. The van der Waals surface area contributed by atoms with Gasteiger partial charge in [-0.05, 0) is 47.9 Å². The van der Waals surface area contributed by atoms with E-state index in [9.17, 15) is 9.59 Å². The molecule has 2 aromatic rings. The molecule has 7 heteroatoms. The smallest absolute Gasteiger partial charge is 0.251 e. The van der Waals surface area contributed by atoms with Crippen LogP contribution in [0.5, 0.6) is 0 Å². The van der Waals surface area contributed by atoms with Gasteiger partial charge in [-0.25, -0.2) is 4.98 Å². The van der Waals surface area contributed by atoms with E-state index >= 15 is 0 Å². The van der Waals surface area contributed by atoms with Gasteiger partial charge in [0, 0.05) is 50.0 Å². The van der Waals surface area contributed by atoms with E-state index in [1.54, 1.807) is 17.2 Å². The molecule has 2 aliphatic rings. The summed E-state index contributed by atoms with van der Waals surface area (Å²) in [6.45, 7) is 6.08. The average molecular weight is 394 g/mol. The van der Waals surface area contributed by atoms with Gasteiger partial charge in [0.25, 0.3) is 5.91 Å². The molecule has 3 heterocycles. The summed E-state index contributed by atoms with van der Waals surface area (Å²) in [5.74, 6) is 0.922. The van der Waals surface area contributed by atoms with Gasteiger partial charge in [-0.2, -0.15) is 0 Å². The fraction of sp³-hybridized carbons (Fsp3) is 0.409. The number of nitrogens with zero attached hydrogens (tertiary/aromatic N) is 3. The zero-order chi connectivity index (χ0) is 20.2. The first-order chi connectivity index (χ1) is 14.2. The summed E-state index contributed by atoms with van der Waals surface area (Å²) < 4.78 is 5.39. The summed E-state index contributed by atoms with van der Waals surface area (Å²) in [6, 6.07) is 9.51. The van der Waals surface area contributed by atoms with Crippen molar-refractivity contribution < 1.29 is 14.3 Å². The van der Waals surface area contributed by atoms with Gasteiger partial charge in [0.2, 0.25) is 5.91 Å². The Morgan fingerprint density at radius 1 is 1.14 bits per heavy atom. The third kappa shape index (κ3) is 4.24. The Bertz CT molecular complexity index is 909. The van der Waals surface area contributed by atoms with Crippen molar-refractivity contribution in [1.82, 2.24) is 10.3 Å². The number of carbonyl (C=O) groups is 2. The van der Waals surface area contributed by atoms with Gasteiger partial charge >= 0.3 is 0 Å². The molecule has 29 heavy (non-hydrogen) atoms. The lowest BCUT2D eigenvalue weighted by molar-refractivity contribution is -0.118. The zero-order valence-corrected chi connectivity index (χ0v) is 16.7. The Morgan fingerprint density at radius 3 is 2.76 bits per heavy atom. The van der Waals surface area contributed by atoms with Crippen LogP contribution in [0.3, 0.4) is 0 Å². The van der Waals surface area contributed by atoms with Crippen molar-refractivity contribution >= 4 is 23.3 Å². The van der Waals surface area contributed by atoms with Crippen LogP contribution in [0.15, 0.2) is 36.5 Å². The minimum Gasteiger partial charge on any atom is -0.378 e. The number of benzene rings is 1. The lowest BCUT2D eigenvalue weighted by Gasteiger charge is -2.28. The van der Waals surface area contributed by atoms with Crippen molar-refractivity contribution in [2.24, 2.45) is 0 Å². The lowest BCUT2D eigenvalue weighted by atomic mass is 10.1. The number of morpholine rings is 1. The van der Waals surface area contributed by atoms with Crippen LogP contribution < -0.4 is 15.1 Å². The van der Waals surface area contributed by atoms with E-state index in [1.165, 1.54) is 0 Å². The van der Waals surface area contributed by atoms with E-state index in [-0.39, 0.29) is 11.8 Å². The second-order valence-corrected chi connectivity index (χ2v) is 7.30. The molecule has 0 bridgehead atoms. The molecule has 0 saturated carbocycles. The van der Waals surface area contributed by atoms with Crippen molar-refractivity contribution in [3.8, 4) is 0 Å². The number of pyridine rings is 1. The normalized spacial score (nSPS) is 15.9. The highest BCUT2D eigenvalue weighted by Gasteiger charge is 2.24. The number of ether oxygens (including phenoxy) is 1. The minimum absolute atomic E-state index is 0.113. The number of aromatic nitrogens is 1. The van der Waals surface area contributed by atoms with E-state index in [4.69, 9.17) is 4.74 Å². The number of carbonyl (C=O) groups excluding carboxylic acids is 2. The quantitative estimate of drug-likeness (QED) is 0.841. The molecule has 1 saturated heterocycles. The molecule has 2 aliphatic heterocycles. The first-order valence-corrected chi connectivity index (χ1v) is 10.1. The molecular weight excluding hydrogens is 368 g/mol. The Labute approximate surface area is 170 Å². The Balaban J connectivity index is 1.40. The van der Waals surface area contributed by atoms with E-state index in [2.05, 4.69) is 15.2 Å². The van der Waals surface area contributed by atoms with Crippen molar-refractivity contribution in [1.29, 1.82) is 0 Å². The number of amides is 2. The molecular formula is C22H26N4O3. The fourth-order valence-electron chi connectivity index (χ4n) is 3.81. The summed E-state index contributed by atoms with van der Waals surface area (Å²) >= 11 is 0. The van der Waals surface area contributed by atoms with E-state index in [0.29, 0.717) is 38.3 Å². The molecule has 1 aromatic heterocycles. The van der Waals surface area contributed by atoms with Crippen LogP contribution in [0.25, 0.3) is 0 Å². The van der Waals surface area contributed by atoms with Crippen molar-refractivity contribution in [3.63, 3.8) is 0 Å². The van der Waals surface area contributed by atoms with Crippen LogP contribution in [-0.4, -0.2) is 49.6 Å². The Kier molecular flexibility index (Phi) is 5.76. The van der Waals surface area contributed by atoms with Crippen LogP contribution >= 0.6 is 0 Å². The molecule has 0 radical (unpaired) electrons. The molecule has 1 fully saturated rings. The third-order valence-corrected chi connectivity index (χ3v) is 5.44. The molecule has 1 N–H and O–H groups in total. The number of nitrogens with one attached hydrogen (secondary N) is 1. The van der Waals surface area contributed by atoms with Crippen LogP contribution in [0.2, 0.25) is 0 Å². The molecule has 0 atom stereocenters. The van der Waals surface area contributed by atoms with Crippen LogP contribution in [0.4, 0.5) is 11.5 Å². The molecule has 0 unspecified atom stereocenters. The molecule has 0 aliphatic carbocycles. The highest BCUT2D eigenvalue weighted by atomic mass is 16.5.